The number of alkyl halides is 3. The number of hydrogen-bond acceptors (Lipinski definition) is 4. The second-order valence-corrected chi connectivity index (χ2v) is 6.08. The number of rotatable bonds is 5. The molecule has 5 nitrogen and oxygen atoms in total. The molecule has 0 radical (unpaired) electrons. The number of nitrogens with two attached hydrogens (primary N) is 1. The van der Waals surface area contributed by atoms with E-state index in [1.807, 2.05) is 13.8 Å². The van der Waals surface area contributed by atoms with Gasteiger partial charge in [-0.15, -0.1) is 25.6 Å². The van der Waals surface area contributed by atoms with Gasteiger partial charge in [-0.1, -0.05) is 6.07 Å². The van der Waals surface area contributed by atoms with Crippen molar-refractivity contribution in [3.63, 3.8) is 0 Å². The second-order valence-electron chi connectivity index (χ2n) is 6.08. The Morgan fingerprint density at radius 3 is 2.25 bits per heavy atom. The summed E-state index contributed by atoms with van der Waals surface area (Å²) >= 11 is 0. The molecule has 0 bridgehead atoms. The fraction of sp³-hybridized carbons (Fsp3) is 0.533. The molecule has 24 heavy (non-hydrogen) atoms. The van der Waals surface area contributed by atoms with Gasteiger partial charge in [-0.25, -0.2) is 4.79 Å². The number of benzene rings is 1. The van der Waals surface area contributed by atoms with Crippen molar-refractivity contribution >= 4 is 18.5 Å². The molecule has 0 unspecified atom stereocenters. The van der Waals surface area contributed by atoms with Crippen LogP contribution >= 0.6 is 12.4 Å². The third-order valence-electron chi connectivity index (χ3n) is 2.85. The summed E-state index contributed by atoms with van der Waals surface area (Å²) in [5, 5.41) is 0. The summed E-state index contributed by atoms with van der Waals surface area (Å²) in [5.41, 5.74) is 6.03. The second kappa shape index (κ2) is 8.43. The molecule has 0 saturated carbocycles. The topological polar surface area (TPSA) is 64.8 Å². The van der Waals surface area contributed by atoms with Crippen LogP contribution in [0.5, 0.6) is 11.5 Å². The Bertz CT molecular complexity index is 558. The van der Waals surface area contributed by atoms with Crippen LogP contribution in [0.3, 0.4) is 0 Å². The zero-order valence-electron chi connectivity index (χ0n) is 13.9. The van der Waals surface area contributed by atoms with Crippen LogP contribution in [0.15, 0.2) is 18.2 Å². The zero-order chi connectivity index (χ0) is 17.8. The third-order valence-corrected chi connectivity index (χ3v) is 2.85. The molecule has 0 aliphatic carbocycles. The van der Waals surface area contributed by atoms with Crippen LogP contribution in [0.25, 0.3) is 0 Å². The number of nitrogens with zero attached hydrogens (tertiary/aromatic N) is 1. The lowest BCUT2D eigenvalue weighted by molar-refractivity contribution is -0.275. The van der Waals surface area contributed by atoms with E-state index in [0.717, 1.165) is 4.90 Å². The highest BCUT2D eigenvalue weighted by atomic mass is 35.5. The van der Waals surface area contributed by atoms with Crippen LogP contribution in [-0.4, -0.2) is 37.0 Å². The summed E-state index contributed by atoms with van der Waals surface area (Å²) in [6, 6.07) is 4.06. The number of amides is 1. The van der Waals surface area contributed by atoms with Gasteiger partial charge < -0.3 is 20.1 Å². The first-order chi connectivity index (χ1) is 10.4. The van der Waals surface area contributed by atoms with Gasteiger partial charge in [-0.3, -0.25) is 0 Å². The summed E-state index contributed by atoms with van der Waals surface area (Å²) in [5.74, 6) is -0.850. The summed E-state index contributed by atoms with van der Waals surface area (Å²) in [4.78, 5) is 12.6. The molecule has 0 saturated heterocycles. The molecule has 138 valence electrons. The lowest BCUT2D eigenvalue weighted by atomic mass is 9.96. The summed E-state index contributed by atoms with van der Waals surface area (Å²) in [7, 11) is 2.84. The minimum atomic E-state index is -4.88. The molecule has 1 rings (SSSR count). The first-order valence-corrected chi connectivity index (χ1v) is 6.94. The molecule has 0 heterocycles. The average Bonchev–Trinajstić information content (AvgIpc) is 2.36. The molecule has 9 heteroatoms. The van der Waals surface area contributed by atoms with E-state index in [9.17, 15) is 18.0 Å². The Morgan fingerprint density at radius 1 is 1.21 bits per heavy atom. The van der Waals surface area contributed by atoms with Crippen molar-refractivity contribution < 1.29 is 27.4 Å². The van der Waals surface area contributed by atoms with Gasteiger partial charge in [0.15, 0.2) is 11.5 Å². The molecule has 0 fully saturated rings. The van der Waals surface area contributed by atoms with Crippen LogP contribution < -0.4 is 15.2 Å². The van der Waals surface area contributed by atoms with Crippen molar-refractivity contribution in [3.05, 3.63) is 23.8 Å². The SMILES string of the molecule is CN(C)C(=O)Oc1ccc(CCC(C)(C)N)cc1OC(F)(F)F.Cl. The third kappa shape index (κ3) is 8.26. The van der Waals surface area contributed by atoms with Gasteiger partial charge in [0.25, 0.3) is 0 Å². The number of carbonyl (C=O) groups excluding carboxylic acids is 1. The van der Waals surface area contributed by atoms with E-state index < -0.39 is 23.7 Å². The van der Waals surface area contributed by atoms with Gasteiger partial charge in [0.1, 0.15) is 0 Å². The van der Waals surface area contributed by atoms with Gasteiger partial charge in [0, 0.05) is 19.6 Å². The average molecular weight is 371 g/mol. The highest BCUT2D eigenvalue weighted by Gasteiger charge is 2.33. The highest BCUT2D eigenvalue weighted by molar-refractivity contribution is 5.85. The van der Waals surface area contributed by atoms with E-state index >= 15 is 0 Å². The largest absolute Gasteiger partial charge is 0.573 e. The molecule has 0 aromatic heterocycles. The number of ether oxygens (including phenoxy) is 2. The molecule has 0 atom stereocenters. The Labute approximate surface area is 145 Å². The fourth-order valence-corrected chi connectivity index (χ4v) is 1.65. The van der Waals surface area contributed by atoms with E-state index in [4.69, 9.17) is 10.5 Å². The monoisotopic (exact) mass is 370 g/mol. The van der Waals surface area contributed by atoms with Crippen molar-refractivity contribution in [2.45, 2.75) is 38.6 Å². The maximum Gasteiger partial charge on any atom is 0.573 e. The summed E-state index contributed by atoms with van der Waals surface area (Å²) in [6.45, 7) is 3.65. The fourth-order valence-electron chi connectivity index (χ4n) is 1.65. The van der Waals surface area contributed by atoms with Crippen molar-refractivity contribution in [1.82, 2.24) is 4.90 Å². The van der Waals surface area contributed by atoms with Crippen molar-refractivity contribution in [3.8, 4) is 11.5 Å². The van der Waals surface area contributed by atoms with Gasteiger partial charge in [-0.05, 0) is 44.4 Å². The van der Waals surface area contributed by atoms with Gasteiger partial charge in [0.05, 0.1) is 0 Å². The summed E-state index contributed by atoms with van der Waals surface area (Å²) < 4.78 is 46.4. The molecule has 2 N–H and O–H groups in total. The van der Waals surface area contributed by atoms with Gasteiger partial charge >= 0.3 is 12.5 Å². The minimum absolute atomic E-state index is 0. The minimum Gasteiger partial charge on any atom is -0.406 e. The molecule has 0 aliphatic heterocycles. The molecule has 0 aliphatic rings. The van der Waals surface area contributed by atoms with E-state index in [-0.39, 0.29) is 18.2 Å². The quantitative estimate of drug-likeness (QED) is 0.857. The standard InChI is InChI=1S/C15H21F3N2O3.ClH/c1-14(2,19)8-7-10-5-6-11(22-13(21)20(3)4)12(9-10)23-15(16,17)18;/h5-6,9H,7-8,19H2,1-4H3;1H. The van der Waals surface area contributed by atoms with E-state index in [0.29, 0.717) is 18.4 Å². The number of halogens is 4. The van der Waals surface area contributed by atoms with E-state index in [1.54, 1.807) is 6.07 Å². The van der Waals surface area contributed by atoms with E-state index in [2.05, 4.69) is 4.74 Å². The Morgan fingerprint density at radius 2 is 1.79 bits per heavy atom. The van der Waals surface area contributed by atoms with Gasteiger partial charge in [-0.2, -0.15) is 0 Å². The Hall–Kier alpha value is -1.67. The lowest BCUT2D eigenvalue weighted by Gasteiger charge is -2.19. The number of aryl methyl sites for hydroxylation is 1. The molecule has 1 aromatic carbocycles. The smallest absolute Gasteiger partial charge is 0.406 e. The van der Waals surface area contributed by atoms with Crippen molar-refractivity contribution in [2.75, 3.05) is 14.1 Å². The first-order valence-electron chi connectivity index (χ1n) is 6.94. The van der Waals surface area contributed by atoms with Crippen LogP contribution in [-0.2, 0) is 6.42 Å². The molecular weight excluding hydrogens is 349 g/mol. The van der Waals surface area contributed by atoms with E-state index in [1.165, 1.54) is 26.2 Å². The van der Waals surface area contributed by atoms with Crippen LogP contribution in [0.4, 0.5) is 18.0 Å². The first kappa shape index (κ1) is 22.3. The van der Waals surface area contributed by atoms with Crippen molar-refractivity contribution in [2.24, 2.45) is 5.73 Å². The van der Waals surface area contributed by atoms with Gasteiger partial charge in [0.2, 0.25) is 0 Å². The Kier molecular flexibility index (Phi) is 7.85. The molecule has 1 amide bonds. The normalized spacial score (nSPS) is 11.5. The predicted molar refractivity (Wildman–Crippen MR) is 86.7 cm³/mol. The maximum atomic E-state index is 12.5. The number of hydrogen-bond donors (Lipinski definition) is 1. The Balaban J connectivity index is 0.00000529. The van der Waals surface area contributed by atoms with Crippen LogP contribution in [0, 0.1) is 0 Å². The molecule has 1 aromatic rings. The van der Waals surface area contributed by atoms with Crippen molar-refractivity contribution in [1.29, 1.82) is 0 Å². The maximum absolute atomic E-state index is 12.5. The highest BCUT2D eigenvalue weighted by Crippen LogP contribution is 2.34. The lowest BCUT2D eigenvalue weighted by Crippen LogP contribution is -2.32. The van der Waals surface area contributed by atoms with Crippen LogP contribution in [0.2, 0.25) is 0 Å². The molecular formula is C15H22ClF3N2O3. The molecule has 0 spiro atoms. The summed E-state index contributed by atoms with van der Waals surface area (Å²) in [6.07, 6.45) is -4.63. The zero-order valence-corrected chi connectivity index (χ0v) is 14.8. The predicted octanol–water partition coefficient (Wildman–Crippen LogP) is 3.74. The number of carbonyl (C=O) groups is 1. The van der Waals surface area contributed by atoms with Crippen LogP contribution in [0.1, 0.15) is 25.8 Å².